The topological polar surface area (TPSA) is 66.4 Å². The Morgan fingerprint density at radius 2 is 2.00 bits per heavy atom. The molecule has 2 aliphatic rings. The highest BCUT2D eigenvalue weighted by molar-refractivity contribution is 5.80. The summed E-state index contributed by atoms with van der Waals surface area (Å²) >= 11 is 0. The van der Waals surface area contributed by atoms with Gasteiger partial charge in [-0.1, -0.05) is 6.42 Å². The van der Waals surface area contributed by atoms with E-state index in [2.05, 4.69) is 5.32 Å². The average molecular weight is 211 g/mol. The number of aliphatic carboxylic acids is 1. The standard InChI is InChI=1S/C11H17NO3/c13-10(3-4-11(14)15)12-9-6-7-1-2-8(9)5-7/h7-9H,1-6H2,(H,12,13)(H,14,15). The average Bonchev–Trinajstić information content (AvgIpc) is 2.76. The minimum Gasteiger partial charge on any atom is -0.481 e. The smallest absolute Gasteiger partial charge is 0.303 e. The number of hydrogen-bond acceptors (Lipinski definition) is 2. The van der Waals surface area contributed by atoms with Crippen molar-refractivity contribution in [2.45, 2.75) is 44.6 Å². The maximum absolute atomic E-state index is 11.4. The number of amides is 1. The van der Waals surface area contributed by atoms with Gasteiger partial charge in [-0.2, -0.15) is 0 Å². The van der Waals surface area contributed by atoms with Crippen molar-refractivity contribution >= 4 is 11.9 Å². The Labute approximate surface area is 89.0 Å². The lowest BCUT2D eigenvalue weighted by Crippen LogP contribution is -2.38. The lowest BCUT2D eigenvalue weighted by molar-refractivity contribution is -0.139. The van der Waals surface area contributed by atoms with Gasteiger partial charge in [0.15, 0.2) is 0 Å². The molecule has 2 N–H and O–H groups in total. The molecule has 2 aliphatic carbocycles. The van der Waals surface area contributed by atoms with Crippen LogP contribution in [0.25, 0.3) is 0 Å². The zero-order valence-corrected chi connectivity index (χ0v) is 8.74. The van der Waals surface area contributed by atoms with Crippen molar-refractivity contribution < 1.29 is 14.7 Å². The van der Waals surface area contributed by atoms with E-state index in [-0.39, 0.29) is 18.7 Å². The largest absolute Gasteiger partial charge is 0.481 e. The number of nitrogens with one attached hydrogen (secondary N) is 1. The van der Waals surface area contributed by atoms with Gasteiger partial charge in [0, 0.05) is 12.5 Å². The first-order valence-corrected chi connectivity index (χ1v) is 5.66. The van der Waals surface area contributed by atoms with E-state index in [1.807, 2.05) is 0 Å². The van der Waals surface area contributed by atoms with Crippen LogP contribution in [0.4, 0.5) is 0 Å². The van der Waals surface area contributed by atoms with Crippen molar-refractivity contribution in [1.29, 1.82) is 0 Å². The molecular weight excluding hydrogens is 194 g/mol. The molecule has 84 valence electrons. The summed E-state index contributed by atoms with van der Waals surface area (Å²) in [7, 11) is 0. The Hall–Kier alpha value is -1.06. The highest BCUT2D eigenvalue weighted by atomic mass is 16.4. The van der Waals surface area contributed by atoms with E-state index in [9.17, 15) is 9.59 Å². The number of rotatable bonds is 4. The van der Waals surface area contributed by atoms with Gasteiger partial charge in [0.05, 0.1) is 6.42 Å². The van der Waals surface area contributed by atoms with E-state index in [1.165, 1.54) is 19.3 Å². The molecule has 4 heteroatoms. The summed E-state index contributed by atoms with van der Waals surface area (Å²) in [6, 6.07) is 0.324. The minimum atomic E-state index is -0.905. The predicted molar refractivity (Wildman–Crippen MR) is 54.2 cm³/mol. The maximum atomic E-state index is 11.4. The highest BCUT2D eigenvalue weighted by Gasteiger charge is 2.39. The molecule has 2 rings (SSSR count). The lowest BCUT2D eigenvalue weighted by atomic mass is 9.95. The van der Waals surface area contributed by atoms with Crippen molar-refractivity contribution in [2.24, 2.45) is 11.8 Å². The number of fused-ring (bicyclic) bond motifs is 2. The van der Waals surface area contributed by atoms with Crippen molar-refractivity contribution in [3.8, 4) is 0 Å². The lowest BCUT2D eigenvalue weighted by Gasteiger charge is -2.22. The summed E-state index contributed by atoms with van der Waals surface area (Å²) < 4.78 is 0. The molecular formula is C11H17NO3. The Morgan fingerprint density at radius 1 is 1.20 bits per heavy atom. The zero-order chi connectivity index (χ0) is 10.8. The molecule has 2 saturated carbocycles. The summed E-state index contributed by atoms with van der Waals surface area (Å²) in [5.41, 5.74) is 0. The van der Waals surface area contributed by atoms with Crippen LogP contribution in [0.3, 0.4) is 0 Å². The van der Waals surface area contributed by atoms with Gasteiger partial charge in [-0.15, -0.1) is 0 Å². The Morgan fingerprint density at radius 3 is 2.53 bits per heavy atom. The van der Waals surface area contributed by atoms with Gasteiger partial charge in [-0.3, -0.25) is 9.59 Å². The van der Waals surface area contributed by atoms with Crippen molar-refractivity contribution in [2.75, 3.05) is 0 Å². The molecule has 2 fully saturated rings. The van der Waals surface area contributed by atoms with Gasteiger partial charge >= 0.3 is 5.97 Å². The fraction of sp³-hybridized carbons (Fsp3) is 0.818. The summed E-state index contributed by atoms with van der Waals surface area (Å²) in [5.74, 6) is 0.455. The van der Waals surface area contributed by atoms with E-state index in [4.69, 9.17) is 5.11 Å². The quantitative estimate of drug-likeness (QED) is 0.733. The Bertz CT molecular complexity index is 277. The third kappa shape index (κ3) is 2.49. The summed E-state index contributed by atoms with van der Waals surface area (Å²) in [5, 5.41) is 11.4. The third-order valence-corrected chi connectivity index (χ3v) is 3.65. The van der Waals surface area contributed by atoms with Gasteiger partial charge in [0.2, 0.25) is 5.91 Å². The summed E-state index contributed by atoms with van der Waals surface area (Å²) in [4.78, 5) is 21.7. The molecule has 2 bridgehead atoms. The van der Waals surface area contributed by atoms with E-state index < -0.39 is 5.97 Å². The SMILES string of the molecule is O=C(O)CCC(=O)NC1CC2CCC1C2. The maximum Gasteiger partial charge on any atom is 0.303 e. The monoisotopic (exact) mass is 211 g/mol. The number of hydrogen-bond donors (Lipinski definition) is 2. The molecule has 3 unspecified atom stereocenters. The van der Waals surface area contributed by atoms with Crippen LogP contribution >= 0.6 is 0 Å². The zero-order valence-electron chi connectivity index (χ0n) is 8.74. The second-order valence-corrected chi connectivity index (χ2v) is 4.74. The molecule has 0 aromatic rings. The van der Waals surface area contributed by atoms with Crippen LogP contribution in [0.2, 0.25) is 0 Å². The van der Waals surface area contributed by atoms with E-state index >= 15 is 0 Å². The fourth-order valence-corrected chi connectivity index (χ4v) is 2.92. The van der Waals surface area contributed by atoms with Crippen molar-refractivity contribution in [1.82, 2.24) is 5.32 Å². The fourth-order valence-electron chi connectivity index (χ4n) is 2.92. The molecule has 3 atom stereocenters. The van der Waals surface area contributed by atoms with Gasteiger partial charge in [0.1, 0.15) is 0 Å². The van der Waals surface area contributed by atoms with Gasteiger partial charge in [-0.05, 0) is 31.1 Å². The minimum absolute atomic E-state index is 0.0628. The number of carbonyl (C=O) groups is 2. The van der Waals surface area contributed by atoms with Crippen LogP contribution in [0, 0.1) is 11.8 Å². The van der Waals surface area contributed by atoms with E-state index in [0.717, 1.165) is 12.3 Å². The van der Waals surface area contributed by atoms with Gasteiger partial charge < -0.3 is 10.4 Å². The molecule has 0 spiro atoms. The first kappa shape index (κ1) is 10.5. The molecule has 4 nitrogen and oxygen atoms in total. The van der Waals surface area contributed by atoms with Crippen LogP contribution in [0.5, 0.6) is 0 Å². The van der Waals surface area contributed by atoms with Gasteiger partial charge in [-0.25, -0.2) is 0 Å². The van der Waals surface area contributed by atoms with Gasteiger partial charge in [0.25, 0.3) is 0 Å². The van der Waals surface area contributed by atoms with E-state index in [1.54, 1.807) is 0 Å². The number of carboxylic acid groups (broad SMARTS) is 1. The van der Waals surface area contributed by atoms with Crippen LogP contribution in [-0.2, 0) is 9.59 Å². The Kier molecular flexibility index (Phi) is 2.93. The summed E-state index contributed by atoms with van der Waals surface area (Å²) in [6.07, 6.45) is 4.95. The Balaban J connectivity index is 1.73. The second kappa shape index (κ2) is 4.21. The molecule has 0 aliphatic heterocycles. The summed E-state index contributed by atoms with van der Waals surface area (Å²) in [6.45, 7) is 0. The molecule has 0 saturated heterocycles. The molecule has 0 radical (unpaired) electrons. The molecule has 15 heavy (non-hydrogen) atoms. The first-order chi connectivity index (χ1) is 7.15. The third-order valence-electron chi connectivity index (χ3n) is 3.65. The van der Waals surface area contributed by atoms with Crippen LogP contribution in [-0.4, -0.2) is 23.0 Å². The highest BCUT2D eigenvalue weighted by Crippen LogP contribution is 2.44. The van der Waals surface area contributed by atoms with E-state index in [0.29, 0.717) is 12.0 Å². The van der Waals surface area contributed by atoms with Crippen molar-refractivity contribution in [3.05, 3.63) is 0 Å². The first-order valence-electron chi connectivity index (χ1n) is 5.66. The number of carbonyl (C=O) groups excluding carboxylic acids is 1. The number of carboxylic acids is 1. The van der Waals surface area contributed by atoms with Crippen LogP contribution in [0.1, 0.15) is 38.5 Å². The molecule has 0 heterocycles. The molecule has 0 aromatic heterocycles. The second-order valence-electron chi connectivity index (χ2n) is 4.74. The van der Waals surface area contributed by atoms with Crippen LogP contribution in [0.15, 0.2) is 0 Å². The van der Waals surface area contributed by atoms with Crippen LogP contribution < -0.4 is 5.32 Å². The molecule has 0 aromatic carbocycles. The molecule has 1 amide bonds. The normalized spacial score (nSPS) is 32.9. The predicted octanol–water partition coefficient (Wildman–Crippen LogP) is 1.16. The van der Waals surface area contributed by atoms with Crippen molar-refractivity contribution in [3.63, 3.8) is 0 Å².